The normalized spacial score (nSPS) is 31.3. The molecule has 4 rings (SSSR count). The highest BCUT2D eigenvalue weighted by atomic mass is 32.2. The van der Waals surface area contributed by atoms with Crippen LogP contribution in [0.3, 0.4) is 0 Å². The van der Waals surface area contributed by atoms with E-state index in [1.54, 1.807) is 24.3 Å². The van der Waals surface area contributed by atoms with Crippen LogP contribution in [-0.4, -0.2) is 64.9 Å². The molecule has 3 aliphatic heterocycles. The van der Waals surface area contributed by atoms with Gasteiger partial charge in [0, 0.05) is 50.7 Å². The van der Waals surface area contributed by atoms with Gasteiger partial charge in [-0.15, -0.1) is 0 Å². The number of nitrogens with zero attached hydrogens (tertiary/aromatic N) is 1. The minimum Gasteiger partial charge on any atom is -0.381 e. The number of likely N-dealkylation sites (tertiary alicyclic amines) is 1. The Morgan fingerprint density at radius 2 is 1.88 bits per heavy atom. The molecule has 1 aromatic carbocycles. The van der Waals surface area contributed by atoms with E-state index >= 15 is 0 Å². The van der Waals surface area contributed by atoms with Crippen molar-refractivity contribution >= 4 is 10.0 Å². The van der Waals surface area contributed by atoms with Gasteiger partial charge in [0.2, 0.25) is 10.0 Å². The Bertz CT molecular complexity index is 676. The summed E-state index contributed by atoms with van der Waals surface area (Å²) < 4.78 is 39.0. The van der Waals surface area contributed by atoms with Crippen molar-refractivity contribution in [2.24, 2.45) is 11.8 Å². The molecule has 0 aromatic heterocycles. The van der Waals surface area contributed by atoms with Gasteiger partial charge in [0.25, 0.3) is 0 Å². The zero-order valence-electron chi connectivity index (χ0n) is 14.3. The van der Waals surface area contributed by atoms with Crippen LogP contribution in [0.1, 0.15) is 12.8 Å². The highest BCUT2D eigenvalue weighted by Crippen LogP contribution is 2.35. The van der Waals surface area contributed by atoms with Crippen LogP contribution in [0, 0.1) is 11.8 Å². The average molecular weight is 366 g/mol. The van der Waals surface area contributed by atoms with Crippen molar-refractivity contribution in [3.05, 3.63) is 30.3 Å². The lowest BCUT2D eigenvalue weighted by Gasteiger charge is -2.31. The first kappa shape index (κ1) is 17.4. The van der Waals surface area contributed by atoms with E-state index in [-0.39, 0.29) is 12.0 Å². The summed E-state index contributed by atoms with van der Waals surface area (Å²) in [5, 5.41) is 0. The number of hydrogen-bond acceptors (Lipinski definition) is 5. The molecule has 138 valence electrons. The first-order chi connectivity index (χ1) is 12.1. The smallest absolute Gasteiger partial charge is 0.240 e. The van der Waals surface area contributed by atoms with Crippen molar-refractivity contribution in [2.75, 3.05) is 39.5 Å². The van der Waals surface area contributed by atoms with Crippen LogP contribution in [-0.2, 0) is 19.5 Å². The van der Waals surface area contributed by atoms with E-state index in [9.17, 15) is 8.42 Å². The van der Waals surface area contributed by atoms with E-state index in [0.29, 0.717) is 30.0 Å². The third kappa shape index (κ3) is 3.75. The number of fused-ring (bicyclic) bond motifs is 1. The number of rotatable bonds is 5. The van der Waals surface area contributed by atoms with E-state index < -0.39 is 10.0 Å². The van der Waals surface area contributed by atoms with Crippen LogP contribution in [0.4, 0.5) is 0 Å². The SMILES string of the molecule is O=S(=O)(NC[C@@H]1CO[C@@H]2CN(C3CCOCC3)C[C@H]12)c1ccccc1. The Labute approximate surface area is 149 Å². The number of hydrogen-bond donors (Lipinski definition) is 1. The van der Waals surface area contributed by atoms with Gasteiger partial charge in [-0.2, -0.15) is 0 Å². The maximum absolute atomic E-state index is 12.4. The summed E-state index contributed by atoms with van der Waals surface area (Å²) in [6.45, 7) is 4.76. The van der Waals surface area contributed by atoms with Gasteiger partial charge in [0.05, 0.1) is 17.6 Å². The minimum absolute atomic E-state index is 0.244. The van der Waals surface area contributed by atoms with Gasteiger partial charge in [0.15, 0.2) is 0 Å². The molecule has 0 aliphatic carbocycles. The number of sulfonamides is 1. The lowest BCUT2D eigenvalue weighted by molar-refractivity contribution is 0.0285. The van der Waals surface area contributed by atoms with Crippen LogP contribution in [0.5, 0.6) is 0 Å². The molecule has 1 aromatic rings. The molecule has 7 heteroatoms. The van der Waals surface area contributed by atoms with Crippen molar-refractivity contribution in [1.29, 1.82) is 0 Å². The highest BCUT2D eigenvalue weighted by Gasteiger charge is 2.45. The lowest BCUT2D eigenvalue weighted by Crippen LogP contribution is -2.40. The highest BCUT2D eigenvalue weighted by molar-refractivity contribution is 7.89. The predicted molar refractivity (Wildman–Crippen MR) is 93.8 cm³/mol. The molecule has 3 fully saturated rings. The second kappa shape index (κ2) is 7.32. The molecule has 0 radical (unpaired) electrons. The van der Waals surface area contributed by atoms with Gasteiger partial charge in [-0.05, 0) is 25.0 Å². The molecule has 3 saturated heterocycles. The van der Waals surface area contributed by atoms with Gasteiger partial charge in [-0.1, -0.05) is 18.2 Å². The van der Waals surface area contributed by atoms with Crippen LogP contribution >= 0.6 is 0 Å². The molecule has 3 atom stereocenters. The summed E-state index contributed by atoms with van der Waals surface area (Å²) in [6, 6.07) is 9.14. The molecule has 0 saturated carbocycles. The molecule has 0 amide bonds. The first-order valence-corrected chi connectivity index (χ1v) is 10.6. The standard InChI is InChI=1S/C18H26N2O4S/c21-25(22,16-4-2-1-3-5-16)19-10-14-13-24-18-12-20(11-17(14)18)15-6-8-23-9-7-15/h1-5,14-15,17-19H,6-13H2/t14-,17-,18-/m1/s1. The Kier molecular flexibility index (Phi) is 5.11. The van der Waals surface area contributed by atoms with Gasteiger partial charge in [-0.3, -0.25) is 4.90 Å². The second-order valence-corrected chi connectivity index (χ2v) is 9.03. The van der Waals surface area contributed by atoms with E-state index in [2.05, 4.69) is 9.62 Å². The van der Waals surface area contributed by atoms with Gasteiger partial charge in [-0.25, -0.2) is 13.1 Å². The summed E-state index contributed by atoms with van der Waals surface area (Å²) in [7, 11) is -3.45. The fourth-order valence-electron chi connectivity index (χ4n) is 4.29. The molecule has 6 nitrogen and oxygen atoms in total. The monoisotopic (exact) mass is 366 g/mol. The largest absolute Gasteiger partial charge is 0.381 e. The summed E-state index contributed by atoms with van der Waals surface area (Å²) in [5.41, 5.74) is 0. The Hall–Kier alpha value is -0.990. The topological polar surface area (TPSA) is 67.9 Å². The van der Waals surface area contributed by atoms with Crippen LogP contribution < -0.4 is 4.72 Å². The van der Waals surface area contributed by atoms with Crippen LogP contribution in [0.25, 0.3) is 0 Å². The van der Waals surface area contributed by atoms with Gasteiger partial charge >= 0.3 is 0 Å². The fourth-order valence-corrected chi connectivity index (χ4v) is 5.40. The zero-order valence-corrected chi connectivity index (χ0v) is 15.2. The fraction of sp³-hybridized carbons (Fsp3) is 0.667. The maximum atomic E-state index is 12.4. The Morgan fingerprint density at radius 3 is 2.64 bits per heavy atom. The van der Waals surface area contributed by atoms with Crippen LogP contribution in [0.15, 0.2) is 35.2 Å². The van der Waals surface area contributed by atoms with Gasteiger partial charge < -0.3 is 9.47 Å². The molecular weight excluding hydrogens is 340 g/mol. The van der Waals surface area contributed by atoms with Crippen molar-refractivity contribution in [2.45, 2.75) is 29.9 Å². The van der Waals surface area contributed by atoms with E-state index in [4.69, 9.17) is 9.47 Å². The molecule has 25 heavy (non-hydrogen) atoms. The molecule has 0 unspecified atom stereocenters. The summed E-state index contributed by atoms with van der Waals surface area (Å²) in [5.74, 6) is 0.662. The number of ether oxygens (including phenoxy) is 2. The lowest BCUT2D eigenvalue weighted by atomic mass is 9.93. The van der Waals surface area contributed by atoms with Crippen molar-refractivity contribution in [3.8, 4) is 0 Å². The average Bonchev–Trinajstić information content (AvgIpc) is 3.23. The van der Waals surface area contributed by atoms with Crippen molar-refractivity contribution in [1.82, 2.24) is 9.62 Å². The Balaban J connectivity index is 1.35. The molecule has 1 N–H and O–H groups in total. The predicted octanol–water partition coefficient (Wildman–Crippen LogP) is 1.09. The first-order valence-electron chi connectivity index (χ1n) is 9.11. The molecule has 3 aliphatic rings. The van der Waals surface area contributed by atoms with E-state index in [0.717, 1.165) is 39.1 Å². The van der Waals surface area contributed by atoms with Gasteiger partial charge in [0.1, 0.15) is 0 Å². The zero-order chi connectivity index (χ0) is 17.3. The molecular formula is C18H26N2O4S. The van der Waals surface area contributed by atoms with Crippen LogP contribution in [0.2, 0.25) is 0 Å². The summed E-state index contributed by atoms with van der Waals surface area (Å²) in [6.07, 6.45) is 2.42. The van der Waals surface area contributed by atoms with Crippen molar-refractivity contribution < 1.29 is 17.9 Å². The third-order valence-corrected chi connectivity index (χ3v) is 7.20. The van der Waals surface area contributed by atoms with E-state index in [1.165, 1.54) is 0 Å². The molecule has 3 heterocycles. The number of benzene rings is 1. The quantitative estimate of drug-likeness (QED) is 0.845. The summed E-state index contributed by atoms with van der Waals surface area (Å²) in [4.78, 5) is 2.84. The minimum atomic E-state index is -3.45. The Morgan fingerprint density at radius 1 is 1.12 bits per heavy atom. The van der Waals surface area contributed by atoms with Crippen molar-refractivity contribution in [3.63, 3.8) is 0 Å². The molecule has 0 bridgehead atoms. The maximum Gasteiger partial charge on any atom is 0.240 e. The second-order valence-electron chi connectivity index (χ2n) is 7.26. The third-order valence-electron chi connectivity index (χ3n) is 5.76. The number of nitrogens with one attached hydrogen (secondary N) is 1. The molecule has 0 spiro atoms. The summed E-state index contributed by atoms with van der Waals surface area (Å²) >= 11 is 0. The van der Waals surface area contributed by atoms with E-state index in [1.807, 2.05) is 6.07 Å².